The number of carbonyl (C=O) groups is 3. The molecule has 0 saturated heterocycles. The van der Waals surface area contributed by atoms with Gasteiger partial charge in [0.15, 0.2) is 0 Å². The van der Waals surface area contributed by atoms with Gasteiger partial charge >= 0.3 is 5.97 Å². The number of nitrogens with one attached hydrogen (secondary N) is 2. The van der Waals surface area contributed by atoms with Gasteiger partial charge in [-0.3, -0.25) is 14.4 Å². The Morgan fingerprint density at radius 3 is 2.62 bits per heavy atom. The third kappa shape index (κ3) is 5.90. The van der Waals surface area contributed by atoms with E-state index in [1.165, 1.54) is 24.9 Å². The molecule has 2 amide bonds. The standard InChI is InChI=1S/C22H26N2O4S/c1-28-20(25)14-18(19-11-6-12-29-19)24-22(27)16-9-5-10-17(13-16)23-21(26)15-7-3-2-4-8-15/h5-6,9-13,15,18H,2-4,7-8,14H2,1H3,(H,23,26)(H,24,27). The molecule has 1 aromatic heterocycles. The highest BCUT2D eigenvalue weighted by Crippen LogP contribution is 2.26. The minimum atomic E-state index is -0.463. The normalized spacial score (nSPS) is 15.3. The second-order valence-corrected chi connectivity index (χ2v) is 8.21. The number of benzene rings is 1. The van der Waals surface area contributed by atoms with Gasteiger partial charge in [0, 0.05) is 22.0 Å². The molecule has 7 heteroatoms. The molecule has 154 valence electrons. The second kappa shape index (κ2) is 10.2. The van der Waals surface area contributed by atoms with Crippen molar-refractivity contribution in [2.45, 2.75) is 44.6 Å². The lowest BCUT2D eigenvalue weighted by Crippen LogP contribution is -2.30. The lowest BCUT2D eigenvalue weighted by atomic mass is 9.88. The fraction of sp³-hybridized carbons (Fsp3) is 0.409. The zero-order valence-corrected chi connectivity index (χ0v) is 17.3. The van der Waals surface area contributed by atoms with Crippen molar-refractivity contribution in [3.63, 3.8) is 0 Å². The smallest absolute Gasteiger partial charge is 0.307 e. The van der Waals surface area contributed by atoms with Crippen molar-refractivity contribution in [3.05, 3.63) is 52.2 Å². The van der Waals surface area contributed by atoms with Gasteiger partial charge in [-0.25, -0.2) is 0 Å². The van der Waals surface area contributed by atoms with Crippen LogP contribution in [-0.4, -0.2) is 24.9 Å². The Hall–Kier alpha value is -2.67. The number of carbonyl (C=O) groups excluding carboxylic acids is 3. The first kappa shape index (κ1) is 21.0. The van der Waals surface area contributed by atoms with E-state index in [4.69, 9.17) is 4.74 Å². The maximum atomic E-state index is 12.8. The molecule has 1 atom stereocenters. The van der Waals surface area contributed by atoms with Crippen LogP contribution in [0.2, 0.25) is 0 Å². The summed E-state index contributed by atoms with van der Waals surface area (Å²) in [6.07, 6.45) is 5.26. The van der Waals surface area contributed by atoms with Crippen LogP contribution in [0, 0.1) is 5.92 Å². The number of anilines is 1. The van der Waals surface area contributed by atoms with E-state index >= 15 is 0 Å². The molecule has 3 rings (SSSR count). The van der Waals surface area contributed by atoms with Crippen LogP contribution in [0.25, 0.3) is 0 Å². The average molecular weight is 415 g/mol. The molecule has 1 heterocycles. The molecule has 1 unspecified atom stereocenters. The van der Waals surface area contributed by atoms with E-state index in [1.54, 1.807) is 24.3 Å². The zero-order chi connectivity index (χ0) is 20.6. The van der Waals surface area contributed by atoms with Crippen LogP contribution >= 0.6 is 11.3 Å². The Morgan fingerprint density at radius 2 is 1.93 bits per heavy atom. The van der Waals surface area contributed by atoms with Gasteiger partial charge < -0.3 is 15.4 Å². The minimum absolute atomic E-state index is 0.0180. The first-order valence-electron chi connectivity index (χ1n) is 9.89. The van der Waals surface area contributed by atoms with Gasteiger partial charge in [0.2, 0.25) is 5.91 Å². The van der Waals surface area contributed by atoms with E-state index in [2.05, 4.69) is 10.6 Å². The van der Waals surface area contributed by atoms with Crippen molar-refractivity contribution in [1.29, 1.82) is 0 Å². The molecule has 0 spiro atoms. The van der Waals surface area contributed by atoms with Gasteiger partial charge in [-0.1, -0.05) is 31.4 Å². The maximum absolute atomic E-state index is 12.8. The van der Waals surface area contributed by atoms with Crippen molar-refractivity contribution in [3.8, 4) is 0 Å². The van der Waals surface area contributed by atoms with Gasteiger partial charge in [-0.15, -0.1) is 11.3 Å². The SMILES string of the molecule is COC(=O)CC(NC(=O)c1cccc(NC(=O)C2CCCCC2)c1)c1cccs1. The third-order valence-electron chi connectivity index (χ3n) is 5.16. The predicted octanol–water partition coefficient (Wildman–Crippen LogP) is 4.30. The van der Waals surface area contributed by atoms with Crippen molar-refractivity contribution >= 4 is 34.8 Å². The third-order valence-corrected chi connectivity index (χ3v) is 6.14. The summed E-state index contributed by atoms with van der Waals surface area (Å²) in [6, 6.07) is 10.2. The number of hydrogen-bond donors (Lipinski definition) is 2. The highest BCUT2D eigenvalue weighted by Gasteiger charge is 2.23. The molecular formula is C22H26N2O4S. The highest BCUT2D eigenvalue weighted by atomic mass is 32.1. The molecule has 6 nitrogen and oxygen atoms in total. The van der Waals surface area contributed by atoms with Gasteiger partial charge in [-0.05, 0) is 42.5 Å². The van der Waals surface area contributed by atoms with Crippen LogP contribution in [0.4, 0.5) is 5.69 Å². The van der Waals surface area contributed by atoms with Crippen LogP contribution in [0.3, 0.4) is 0 Å². The van der Waals surface area contributed by atoms with Crippen molar-refractivity contribution < 1.29 is 19.1 Å². The fourth-order valence-electron chi connectivity index (χ4n) is 3.55. The molecule has 0 radical (unpaired) electrons. The van der Waals surface area contributed by atoms with Gasteiger partial charge in [0.05, 0.1) is 19.6 Å². The maximum Gasteiger partial charge on any atom is 0.307 e. The van der Waals surface area contributed by atoms with Crippen LogP contribution in [0.5, 0.6) is 0 Å². The predicted molar refractivity (Wildman–Crippen MR) is 113 cm³/mol. The molecular weight excluding hydrogens is 388 g/mol. The van der Waals surface area contributed by atoms with Gasteiger partial charge in [0.25, 0.3) is 5.91 Å². The lowest BCUT2D eigenvalue weighted by molar-refractivity contribution is -0.141. The number of esters is 1. The second-order valence-electron chi connectivity index (χ2n) is 7.23. The summed E-state index contributed by atoms with van der Waals surface area (Å²) in [6.45, 7) is 0. The Kier molecular flexibility index (Phi) is 7.41. The largest absolute Gasteiger partial charge is 0.469 e. The Labute approximate surface area is 174 Å². The van der Waals surface area contributed by atoms with E-state index < -0.39 is 12.0 Å². The molecule has 0 bridgehead atoms. The first-order chi connectivity index (χ1) is 14.1. The van der Waals surface area contributed by atoms with E-state index in [9.17, 15) is 14.4 Å². The summed E-state index contributed by atoms with van der Waals surface area (Å²) < 4.78 is 4.75. The summed E-state index contributed by atoms with van der Waals surface area (Å²) in [5.74, 6) is -0.632. The lowest BCUT2D eigenvalue weighted by Gasteiger charge is -2.21. The number of hydrogen-bond acceptors (Lipinski definition) is 5. The van der Waals surface area contributed by atoms with Gasteiger partial charge in [0.1, 0.15) is 0 Å². The van der Waals surface area contributed by atoms with E-state index in [-0.39, 0.29) is 24.2 Å². The van der Waals surface area contributed by atoms with Crippen LogP contribution in [0.1, 0.15) is 59.8 Å². The van der Waals surface area contributed by atoms with Crippen LogP contribution in [-0.2, 0) is 14.3 Å². The number of ether oxygens (including phenoxy) is 1. The summed E-state index contributed by atoms with van der Waals surface area (Å²) in [4.78, 5) is 37.9. The van der Waals surface area contributed by atoms with Crippen molar-refractivity contribution in [2.24, 2.45) is 5.92 Å². The summed E-state index contributed by atoms with van der Waals surface area (Å²) in [7, 11) is 1.33. The minimum Gasteiger partial charge on any atom is -0.469 e. The summed E-state index contributed by atoms with van der Waals surface area (Å²) >= 11 is 1.47. The highest BCUT2D eigenvalue weighted by molar-refractivity contribution is 7.10. The van der Waals surface area contributed by atoms with Crippen molar-refractivity contribution in [2.75, 3.05) is 12.4 Å². The molecule has 0 aliphatic heterocycles. The molecule has 1 fully saturated rings. The molecule has 1 aliphatic carbocycles. The number of amides is 2. The van der Waals surface area contributed by atoms with Crippen LogP contribution < -0.4 is 10.6 Å². The topological polar surface area (TPSA) is 84.5 Å². The number of methoxy groups -OCH3 is 1. The Balaban J connectivity index is 1.67. The zero-order valence-electron chi connectivity index (χ0n) is 16.5. The average Bonchev–Trinajstić information content (AvgIpc) is 3.29. The first-order valence-corrected chi connectivity index (χ1v) is 10.8. The molecule has 2 N–H and O–H groups in total. The summed E-state index contributed by atoms with van der Waals surface area (Å²) in [5, 5.41) is 7.74. The Morgan fingerprint density at radius 1 is 1.14 bits per heavy atom. The number of thiophene rings is 1. The van der Waals surface area contributed by atoms with E-state index in [0.29, 0.717) is 11.3 Å². The molecule has 29 heavy (non-hydrogen) atoms. The quantitative estimate of drug-likeness (QED) is 0.662. The van der Waals surface area contributed by atoms with E-state index in [0.717, 1.165) is 30.6 Å². The molecule has 1 aliphatic rings. The monoisotopic (exact) mass is 414 g/mol. The number of rotatable bonds is 7. The fourth-order valence-corrected chi connectivity index (χ4v) is 4.33. The van der Waals surface area contributed by atoms with E-state index in [1.807, 2.05) is 17.5 Å². The summed E-state index contributed by atoms with van der Waals surface area (Å²) in [5.41, 5.74) is 1.03. The Bertz CT molecular complexity index is 844. The molecule has 2 aromatic rings. The van der Waals surface area contributed by atoms with Crippen LogP contribution in [0.15, 0.2) is 41.8 Å². The molecule has 1 aromatic carbocycles. The van der Waals surface area contributed by atoms with Gasteiger partial charge in [-0.2, -0.15) is 0 Å². The molecule has 1 saturated carbocycles. The van der Waals surface area contributed by atoms with Crippen molar-refractivity contribution in [1.82, 2.24) is 5.32 Å².